The van der Waals surface area contributed by atoms with Gasteiger partial charge in [0.2, 0.25) is 0 Å². The summed E-state index contributed by atoms with van der Waals surface area (Å²) in [4.78, 5) is 0. The molecule has 14 heavy (non-hydrogen) atoms. The number of halogens is 3. The Kier molecular flexibility index (Phi) is 4.35. The average Bonchev–Trinajstić information content (AvgIpc) is 2.01. The highest BCUT2D eigenvalue weighted by Gasteiger charge is 2.48. The monoisotopic (exact) mass is 231 g/mol. The molecule has 0 unspecified atom stereocenters. The molecule has 0 heterocycles. The zero-order valence-corrected chi connectivity index (χ0v) is 8.02. The largest absolute Gasteiger partial charge is 0.523 e. The molecular formula is C6H8F3NO3S. The minimum Gasteiger partial charge on any atom is -0.244 e. The van der Waals surface area contributed by atoms with Crippen molar-refractivity contribution in [3.8, 4) is 6.07 Å². The summed E-state index contributed by atoms with van der Waals surface area (Å²) in [5, 5.41) is 8.28. The lowest BCUT2D eigenvalue weighted by Gasteiger charge is -2.11. The topological polar surface area (TPSA) is 67.2 Å². The Labute approximate surface area is 79.4 Å². The summed E-state index contributed by atoms with van der Waals surface area (Å²) >= 11 is 0. The van der Waals surface area contributed by atoms with Crippen LogP contribution >= 0.6 is 0 Å². The van der Waals surface area contributed by atoms with Crippen molar-refractivity contribution in [1.82, 2.24) is 0 Å². The highest BCUT2D eigenvalue weighted by molar-refractivity contribution is 7.87. The predicted molar refractivity (Wildman–Crippen MR) is 40.4 cm³/mol. The molecule has 0 bridgehead atoms. The number of hydrogen-bond donors (Lipinski definition) is 0. The van der Waals surface area contributed by atoms with Crippen LogP contribution < -0.4 is 0 Å². The molecule has 0 N–H and O–H groups in total. The average molecular weight is 231 g/mol. The van der Waals surface area contributed by atoms with E-state index in [4.69, 9.17) is 5.26 Å². The van der Waals surface area contributed by atoms with Crippen LogP contribution in [0.15, 0.2) is 0 Å². The van der Waals surface area contributed by atoms with Gasteiger partial charge in [0.05, 0.1) is 6.07 Å². The number of nitrogens with zero attached hydrogens (tertiary/aromatic N) is 1. The Morgan fingerprint density at radius 3 is 2.29 bits per heavy atom. The van der Waals surface area contributed by atoms with Crippen LogP contribution in [0.5, 0.6) is 0 Å². The first-order valence-corrected chi connectivity index (χ1v) is 5.04. The number of rotatable bonds is 4. The lowest BCUT2D eigenvalue weighted by Crippen LogP contribution is -2.29. The van der Waals surface area contributed by atoms with Crippen LogP contribution in [-0.2, 0) is 14.3 Å². The SMILES string of the molecule is CCC[C@H](C#N)OS(=O)(=O)C(F)(F)F. The van der Waals surface area contributed by atoms with Crippen LogP contribution in [0.1, 0.15) is 19.8 Å². The molecule has 1 atom stereocenters. The van der Waals surface area contributed by atoms with E-state index in [1.807, 2.05) is 0 Å². The van der Waals surface area contributed by atoms with Crippen LogP contribution in [0.2, 0.25) is 0 Å². The van der Waals surface area contributed by atoms with Crippen LogP contribution in [0.4, 0.5) is 13.2 Å². The molecule has 8 heteroatoms. The van der Waals surface area contributed by atoms with Gasteiger partial charge in [-0.3, -0.25) is 0 Å². The molecule has 82 valence electrons. The molecule has 0 aromatic heterocycles. The standard InChI is InChI=1S/C6H8F3NO3S/c1-2-3-5(4-10)13-14(11,12)6(7,8)9/h5H,2-3H2,1H3/t5-/m1/s1. The molecule has 0 radical (unpaired) electrons. The van der Waals surface area contributed by atoms with Crippen molar-refractivity contribution in [3.63, 3.8) is 0 Å². The van der Waals surface area contributed by atoms with Crippen molar-refractivity contribution < 1.29 is 25.8 Å². The maximum Gasteiger partial charge on any atom is 0.523 e. The van der Waals surface area contributed by atoms with Crippen molar-refractivity contribution in [1.29, 1.82) is 5.26 Å². The van der Waals surface area contributed by atoms with E-state index >= 15 is 0 Å². The second kappa shape index (κ2) is 4.61. The van der Waals surface area contributed by atoms with E-state index < -0.39 is 21.7 Å². The molecule has 0 saturated heterocycles. The summed E-state index contributed by atoms with van der Waals surface area (Å²) < 4.78 is 59.7. The highest BCUT2D eigenvalue weighted by atomic mass is 32.2. The molecule has 0 aromatic rings. The molecule has 0 fully saturated rings. The van der Waals surface area contributed by atoms with Gasteiger partial charge in [0.15, 0.2) is 6.10 Å². The normalized spacial score (nSPS) is 14.8. The van der Waals surface area contributed by atoms with Gasteiger partial charge in [-0.15, -0.1) is 0 Å². The number of hydrogen-bond acceptors (Lipinski definition) is 4. The smallest absolute Gasteiger partial charge is 0.244 e. The van der Waals surface area contributed by atoms with E-state index in [1.54, 1.807) is 6.92 Å². The molecule has 0 aliphatic heterocycles. The van der Waals surface area contributed by atoms with Crippen molar-refractivity contribution >= 4 is 10.1 Å². The van der Waals surface area contributed by atoms with Crippen molar-refractivity contribution in [2.75, 3.05) is 0 Å². The third-order valence-electron chi connectivity index (χ3n) is 1.22. The second-order valence-corrected chi connectivity index (χ2v) is 3.97. The molecule has 0 amide bonds. The minimum atomic E-state index is -5.65. The van der Waals surface area contributed by atoms with Gasteiger partial charge in [-0.25, -0.2) is 4.18 Å². The fourth-order valence-corrected chi connectivity index (χ4v) is 1.16. The predicted octanol–water partition coefficient (Wildman–Crippen LogP) is 1.54. The minimum absolute atomic E-state index is 0.0637. The number of alkyl halides is 3. The Morgan fingerprint density at radius 1 is 1.50 bits per heavy atom. The lowest BCUT2D eigenvalue weighted by molar-refractivity contribution is -0.0559. The van der Waals surface area contributed by atoms with E-state index in [0.717, 1.165) is 0 Å². The summed E-state index contributed by atoms with van der Waals surface area (Å²) in [6, 6.07) is 1.33. The Bertz CT molecular complexity index is 316. The van der Waals surface area contributed by atoms with Crippen LogP contribution in [0, 0.1) is 11.3 Å². The fourth-order valence-electron chi connectivity index (χ4n) is 0.604. The Morgan fingerprint density at radius 2 is 2.00 bits per heavy atom. The van der Waals surface area contributed by atoms with Gasteiger partial charge in [0.25, 0.3) is 0 Å². The molecule has 0 spiro atoms. The Hall–Kier alpha value is -0.810. The van der Waals surface area contributed by atoms with Gasteiger partial charge in [-0.05, 0) is 6.42 Å². The fraction of sp³-hybridized carbons (Fsp3) is 0.833. The van der Waals surface area contributed by atoms with Crippen LogP contribution in [-0.4, -0.2) is 20.0 Å². The van der Waals surface area contributed by atoms with Crippen LogP contribution in [0.3, 0.4) is 0 Å². The molecule has 0 rings (SSSR count). The highest BCUT2D eigenvalue weighted by Crippen LogP contribution is 2.26. The van der Waals surface area contributed by atoms with E-state index in [2.05, 4.69) is 4.18 Å². The van der Waals surface area contributed by atoms with Crippen molar-refractivity contribution in [2.24, 2.45) is 0 Å². The van der Waals surface area contributed by atoms with Gasteiger partial charge in [-0.1, -0.05) is 13.3 Å². The van der Waals surface area contributed by atoms with E-state index in [-0.39, 0.29) is 6.42 Å². The first kappa shape index (κ1) is 13.2. The van der Waals surface area contributed by atoms with Gasteiger partial charge < -0.3 is 0 Å². The van der Waals surface area contributed by atoms with Crippen molar-refractivity contribution in [3.05, 3.63) is 0 Å². The summed E-state index contributed by atoms with van der Waals surface area (Å²) in [6.07, 6.45) is -1.29. The summed E-state index contributed by atoms with van der Waals surface area (Å²) in [7, 11) is -5.65. The summed E-state index contributed by atoms with van der Waals surface area (Å²) in [5.41, 5.74) is -5.48. The summed E-state index contributed by atoms with van der Waals surface area (Å²) in [6.45, 7) is 1.59. The first-order chi connectivity index (χ1) is 6.24. The molecular weight excluding hydrogens is 223 g/mol. The van der Waals surface area contributed by atoms with E-state index in [1.165, 1.54) is 6.07 Å². The van der Waals surface area contributed by atoms with Crippen molar-refractivity contribution in [2.45, 2.75) is 31.4 Å². The zero-order valence-electron chi connectivity index (χ0n) is 7.21. The zero-order chi connectivity index (χ0) is 11.4. The van der Waals surface area contributed by atoms with Gasteiger partial charge in [0.1, 0.15) is 0 Å². The molecule has 0 aliphatic carbocycles. The van der Waals surface area contributed by atoms with Gasteiger partial charge in [0, 0.05) is 0 Å². The Balaban J connectivity index is 4.60. The lowest BCUT2D eigenvalue weighted by atomic mass is 10.2. The van der Waals surface area contributed by atoms with Gasteiger partial charge in [-0.2, -0.15) is 26.9 Å². The van der Waals surface area contributed by atoms with Gasteiger partial charge >= 0.3 is 15.6 Å². The maximum atomic E-state index is 11.7. The maximum absolute atomic E-state index is 11.7. The molecule has 0 aliphatic rings. The third-order valence-corrected chi connectivity index (χ3v) is 2.27. The summed E-state index contributed by atoms with van der Waals surface area (Å²) in [5.74, 6) is 0. The van der Waals surface area contributed by atoms with E-state index in [9.17, 15) is 21.6 Å². The molecule has 0 saturated carbocycles. The third kappa shape index (κ3) is 3.51. The molecule has 4 nitrogen and oxygen atoms in total. The molecule has 0 aromatic carbocycles. The number of nitriles is 1. The second-order valence-electron chi connectivity index (χ2n) is 2.40. The van der Waals surface area contributed by atoms with E-state index in [0.29, 0.717) is 6.42 Å². The quantitative estimate of drug-likeness (QED) is 0.543. The van der Waals surface area contributed by atoms with Crippen LogP contribution in [0.25, 0.3) is 0 Å². The first-order valence-electron chi connectivity index (χ1n) is 3.63.